The summed E-state index contributed by atoms with van der Waals surface area (Å²) < 4.78 is 0. The normalized spacial score (nSPS) is 34.5. The molecule has 2 saturated carbocycles. The zero-order valence-corrected chi connectivity index (χ0v) is 15.4. The van der Waals surface area contributed by atoms with Gasteiger partial charge in [-0.05, 0) is 37.0 Å². The second-order valence-corrected chi connectivity index (χ2v) is 7.46. The second-order valence-electron chi connectivity index (χ2n) is 7.46. The summed E-state index contributed by atoms with van der Waals surface area (Å²) in [5, 5.41) is 0. The first-order valence-corrected chi connectivity index (χ1v) is 8.33. The Balaban J connectivity index is 0.00000121. The number of halogens is 2. The summed E-state index contributed by atoms with van der Waals surface area (Å²) in [5.74, 6) is 2.39. The first-order valence-electron chi connectivity index (χ1n) is 8.33. The molecule has 0 aromatic heterocycles. The van der Waals surface area contributed by atoms with Crippen LogP contribution < -0.4 is 5.73 Å². The molecule has 3 aliphatic rings. The molecule has 1 amide bonds. The molecular formula is C16H31Cl2N3O. The smallest absolute Gasteiger partial charge is 0.227 e. The summed E-state index contributed by atoms with van der Waals surface area (Å²) in [6.45, 7) is 9.51. The van der Waals surface area contributed by atoms with Gasteiger partial charge in [-0.15, -0.1) is 24.8 Å². The van der Waals surface area contributed by atoms with E-state index in [2.05, 4.69) is 23.6 Å². The predicted octanol–water partition coefficient (Wildman–Crippen LogP) is 2.00. The van der Waals surface area contributed by atoms with Crippen LogP contribution >= 0.6 is 24.8 Å². The van der Waals surface area contributed by atoms with Crippen LogP contribution in [0.4, 0.5) is 0 Å². The minimum Gasteiger partial charge on any atom is -0.340 e. The molecule has 2 bridgehead atoms. The average Bonchev–Trinajstić information content (AvgIpc) is 2.99. The molecule has 3 rings (SSSR count). The van der Waals surface area contributed by atoms with Gasteiger partial charge in [0, 0.05) is 38.8 Å². The van der Waals surface area contributed by atoms with Crippen molar-refractivity contribution in [3.05, 3.63) is 0 Å². The van der Waals surface area contributed by atoms with Crippen LogP contribution in [0.15, 0.2) is 0 Å². The fourth-order valence-electron chi connectivity index (χ4n) is 4.58. The number of rotatable bonds is 3. The lowest BCUT2D eigenvalue weighted by Gasteiger charge is -2.39. The number of hydrogen-bond donors (Lipinski definition) is 1. The number of nitrogens with zero attached hydrogens (tertiary/aromatic N) is 2. The molecular weight excluding hydrogens is 321 g/mol. The molecule has 0 aromatic carbocycles. The van der Waals surface area contributed by atoms with E-state index in [1.165, 1.54) is 19.3 Å². The van der Waals surface area contributed by atoms with Gasteiger partial charge in [0.15, 0.2) is 0 Å². The minimum absolute atomic E-state index is 0. The van der Waals surface area contributed by atoms with E-state index in [1.54, 1.807) is 0 Å². The van der Waals surface area contributed by atoms with Gasteiger partial charge in [0.2, 0.25) is 5.91 Å². The summed E-state index contributed by atoms with van der Waals surface area (Å²) in [6, 6.07) is 0.134. The van der Waals surface area contributed by atoms with Gasteiger partial charge >= 0.3 is 0 Å². The molecule has 3 fully saturated rings. The highest BCUT2D eigenvalue weighted by atomic mass is 35.5. The molecule has 1 aliphatic heterocycles. The molecule has 6 heteroatoms. The second kappa shape index (κ2) is 8.18. The van der Waals surface area contributed by atoms with Crippen molar-refractivity contribution in [2.24, 2.45) is 29.4 Å². The number of hydrogen-bond acceptors (Lipinski definition) is 3. The van der Waals surface area contributed by atoms with Crippen molar-refractivity contribution in [3.63, 3.8) is 0 Å². The summed E-state index contributed by atoms with van der Waals surface area (Å²) >= 11 is 0. The summed E-state index contributed by atoms with van der Waals surface area (Å²) in [6.07, 6.45) is 3.67. The SMILES string of the molecule is CC(C)CN1CCN(C(=O)C2C3CCC(C3)C2N)CC1.Cl.Cl. The molecule has 4 nitrogen and oxygen atoms in total. The lowest BCUT2D eigenvalue weighted by Crippen LogP contribution is -2.54. The monoisotopic (exact) mass is 351 g/mol. The van der Waals surface area contributed by atoms with E-state index in [-0.39, 0.29) is 36.8 Å². The first-order chi connectivity index (χ1) is 9.56. The Bertz CT molecular complexity index is 370. The van der Waals surface area contributed by atoms with E-state index in [0.29, 0.717) is 23.7 Å². The van der Waals surface area contributed by atoms with Crippen molar-refractivity contribution < 1.29 is 4.79 Å². The highest BCUT2D eigenvalue weighted by molar-refractivity contribution is 5.85. The van der Waals surface area contributed by atoms with Crippen molar-refractivity contribution in [1.82, 2.24) is 9.80 Å². The molecule has 2 N–H and O–H groups in total. The Labute approximate surface area is 147 Å². The minimum atomic E-state index is 0. The molecule has 4 atom stereocenters. The van der Waals surface area contributed by atoms with Crippen LogP contribution in [0.5, 0.6) is 0 Å². The highest BCUT2D eigenvalue weighted by Gasteiger charge is 2.50. The number of carbonyl (C=O) groups is 1. The van der Waals surface area contributed by atoms with Crippen molar-refractivity contribution >= 4 is 30.7 Å². The van der Waals surface area contributed by atoms with Crippen LogP contribution in [0.25, 0.3) is 0 Å². The Morgan fingerprint density at radius 2 is 1.68 bits per heavy atom. The maximum atomic E-state index is 12.8. The number of piperazine rings is 1. The van der Waals surface area contributed by atoms with E-state index < -0.39 is 0 Å². The van der Waals surface area contributed by atoms with Crippen LogP contribution in [0.2, 0.25) is 0 Å². The molecule has 0 radical (unpaired) electrons. The Hall–Kier alpha value is -0.0300. The van der Waals surface area contributed by atoms with Gasteiger partial charge in [-0.1, -0.05) is 13.8 Å². The Kier molecular flexibility index (Phi) is 7.44. The average molecular weight is 352 g/mol. The number of nitrogens with two attached hydrogens (primary N) is 1. The largest absolute Gasteiger partial charge is 0.340 e. The molecule has 4 unspecified atom stereocenters. The van der Waals surface area contributed by atoms with Crippen molar-refractivity contribution in [1.29, 1.82) is 0 Å². The maximum Gasteiger partial charge on any atom is 0.227 e. The van der Waals surface area contributed by atoms with Gasteiger partial charge in [0.25, 0.3) is 0 Å². The molecule has 2 aliphatic carbocycles. The molecule has 1 saturated heterocycles. The zero-order valence-electron chi connectivity index (χ0n) is 13.7. The molecule has 0 spiro atoms. The summed E-state index contributed by atoms with van der Waals surface area (Å²) in [7, 11) is 0. The highest BCUT2D eigenvalue weighted by Crippen LogP contribution is 2.48. The van der Waals surface area contributed by atoms with Gasteiger partial charge in [-0.25, -0.2) is 0 Å². The van der Waals surface area contributed by atoms with Crippen LogP contribution in [0, 0.1) is 23.7 Å². The standard InChI is InChI=1S/C16H29N3O.2ClH/c1-11(2)10-18-5-7-19(8-6-18)16(20)14-12-3-4-13(9-12)15(14)17;;/h11-15H,3-10,17H2,1-2H3;2*1H. The van der Waals surface area contributed by atoms with E-state index in [4.69, 9.17) is 5.73 Å². The third-order valence-corrected chi connectivity index (χ3v) is 5.57. The number of amides is 1. The van der Waals surface area contributed by atoms with E-state index in [9.17, 15) is 4.79 Å². The first kappa shape index (κ1) is 20.0. The fraction of sp³-hybridized carbons (Fsp3) is 0.938. The van der Waals surface area contributed by atoms with E-state index >= 15 is 0 Å². The van der Waals surface area contributed by atoms with Crippen LogP contribution in [0.3, 0.4) is 0 Å². The zero-order chi connectivity index (χ0) is 14.3. The molecule has 22 heavy (non-hydrogen) atoms. The van der Waals surface area contributed by atoms with Crippen molar-refractivity contribution in [2.45, 2.75) is 39.2 Å². The summed E-state index contributed by atoms with van der Waals surface area (Å²) in [4.78, 5) is 17.3. The summed E-state index contributed by atoms with van der Waals surface area (Å²) in [5.41, 5.74) is 6.31. The van der Waals surface area contributed by atoms with Gasteiger partial charge in [0.1, 0.15) is 0 Å². The van der Waals surface area contributed by atoms with Gasteiger partial charge in [-0.2, -0.15) is 0 Å². The lowest BCUT2D eigenvalue weighted by molar-refractivity contribution is -0.139. The number of carbonyl (C=O) groups excluding carboxylic acids is 1. The van der Waals surface area contributed by atoms with E-state index in [1.807, 2.05) is 0 Å². The molecule has 0 aromatic rings. The van der Waals surface area contributed by atoms with Gasteiger partial charge < -0.3 is 10.6 Å². The van der Waals surface area contributed by atoms with Gasteiger partial charge in [-0.3, -0.25) is 9.69 Å². The topological polar surface area (TPSA) is 49.6 Å². The maximum absolute atomic E-state index is 12.8. The quantitative estimate of drug-likeness (QED) is 0.845. The third kappa shape index (κ3) is 3.89. The fourth-order valence-corrected chi connectivity index (χ4v) is 4.58. The Morgan fingerprint density at radius 3 is 2.18 bits per heavy atom. The predicted molar refractivity (Wildman–Crippen MR) is 94.7 cm³/mol. The Morgan fingerprint density at radius 1 is 1.09 bits per heavy atom. The molecule has 130 valence electrons. The van der Waals surface area contributed by atoms with Crippen molar-refractivity contribution in [2.75, 3.05) is 32.7 Å². The lowest BCUT2D eigenvalue weighted by atomic mass is 9.84. The van der Waals surface area contributed by atoms with Gasteiger partial charge in [0.05, 0.1) is 5.92 Å². The van der Waals surface area contributed by atoms with E-state index in [0.717, 1.165) is 32.7 Å². The van der Waals surface area contributed by atoms with Crippen LogP contribution in [0.1, 0.15) is 33.1 Å². The van der Waals surface area contributed by atoms with Crippen molar-refractivity contribution in [3.8, 4) is 0 Å². The molecule has 1 heterocycles. The number of fused-ring (bicyclic) bond motifs is 2. The van der Waals surface area contributed by atoms with Crippen LogP contribution in [-0.2, 0) is 4.79 Å². The third-order valence-electron chi connectivity index (χ3n) is 5.57. The van der Waals surface area contributed by atoms with Crippen LogP contribution in [-0.4, -0.2) is 54.5 Å².